The van der Waals surface area contributed by atoms with Crippen molar-refractivity contribution in [2.75, 3.05) is 18.1 Å². The predicted octanol–water partition coefficient (Wildman–Crippen LogP) is 1.79. The number of aliphatic hydroxyl groups excluding tert-OH is 2. The third-order valence-electron chi connectivity index (χ3n) is 3.11. The lowest BCUT2D eigenvalue weighted by Crippen LogP contribution is -2.32. The molecule has 0 aromatic heterocycles. The number of rotatable bonds is 3. The van der Waals surface area contributed by atoms with Crippen LogP contribution in [0.25, 0.3) is 0 Å². The fourth-order valence-electron chi connectivity index (χ4n) is 2.30. The largest absolute Gasteiger partial charge is 0.394 e. The van der Waals surface area contributed by atoms with Crippen LogP contribution in [0.3, 0.4) is 0 Å². The second-order valence-electron chi connectivity index (χ2n) is 4.10. The van der Waals surface area contributed by atoms with Gasteiger partial charge in [-0.2, -0.15) is 0 Å². The van der Waals surface area contributed by atoms with Gasteiger partial charge >= 0.3 is 0 Å². The summed E-state index contributed by atoms with van der Waals surface area (Å²) in [7, 11) is 0. The van der Waals surface area contributed by atoms with Crippen LogP contribution in [0.1, 0.15) is 18.4 Å². The van der Waals surface area contributed by atoms with Crippen LogP contribution in [0.4, 0.5) is 5.69 Å². The highest BCUT2D eigenvalue weighted by Crippen LogP contribution is 2.30. The van der Waals surface area contributed by atoms with Crippen molar-refractivity contribution in [2.24, 2.45) is 0 Å². The Labute approximate surface area is 100 Å². The number of halogens is 1. The van der Waals surface area contributed by atoms with Gasteiger partial charge < -0.3 is 15.1 Å². The van der Waals surface area contributed by atoms with Gasteiger partial charge in [0.05, 0.1) is 19.3 Å². The van der Waals surface area contributed by atoms with Crippen LogP contribution < -0.4 is 4.90 Å². The van der Waals surface area contributed by atoms with Gasteiger partial charge in [0.15, 0.2) is 0 Å². The number of aliphatic hydroxyl groups is 2. The zero-order valence-electron chi connectivity index (χ0n) is 9.06. The molecule has 1 aromatic rings. The number of nitrogens with zero attached hydrogens (tertiary/aromatic N) is 1. The van der Waals surface area contributed by atoms with E-state index in [4.69, 9.17) is 11.6 Å². The Morgan fingerprint density at radius 1 is 1.38 bits per heavy atom. The van der Waals surface area contributed by atoms with Gasteiger partial charge in [-0.15, -0.1) is 0 Å². The molecule has 1 unspecified atom stereocenters. The topological polar surface area (TPSA) is 43.7 Å². The maximum absolute atomic E-state index is 9.31. The lowest BCUT2D eigenvalue weighted by atomic mass is 10.1. The number of anilines is 1. The zero-order chi connectivity index (χ0) is 11.5. The van der Waals surface area contributed by atoms with Crippen LogP contribution in [0, 0.1) is 0 Å². The van der Waals surface area contributed by atoms with Gasteiger partial charge in [0.2, 0.25) is 0 Å². The Bertz CT molecular complexity index is 370. The normalized spacial score (nSPS) is 20.4. The van der Waals surface area contributed by atoms with Crippen molar-refractivity contribution in [3.05, 3.63) is 28.8 Å². The molecule has 0 radical (unpaired) electrons. The van der Waals surface area contributed by atoms with E-state index in [9.17, 15) is 10.2 Å². The predicted molar refractivity (Wildman–Crippen MR) is 64.8 cm³/mol. The summed E-state index contributed by atoms with van der Waals surface area (Å²) in [6.45, 7) is 1.07. The third kappa shape index (κ3) is 2.17. The molecule has 4 heteroatoms. The molecule has 16 heavy (non-hydrogen) atoms. The molecule has 1 aromatic carbocycles. The highest BCUT2D eigenvalue weighted by Gasteiger charge is 2.25. The minimum atomic E-state index is -0.0233. The average Bonchev–Trinajstić information content (AvgIpc) is 2.76. The molecule has 1 atom stereocenters. The van der Waals surface area contributed by atoms with Crippen molar-refractivity contribution in [3.63, 3.8) is 0 Å². The smallest absolute Gasteiger partial charge is 0.0702 e. The highest BCUT2D eigenvalue weighted by molar-refractivity contribution is 6.30. The summed E-state index contributed by atoms with van der Waals surface area (Å²) in [5.74, 6) is 0. The van der Waals surface area contributed by atoms with E-state index in [1.54, 1.807) is 6.07 Å². The molecular formula is C12H16ClNO2. The number of benzene rings is 1. The molecule has 3 nitrogen and oxygen atoms in total. The summed E-state index contributed by atoms with van der Waals surface area (Å²) in [6, 6.07) is 5.69. The Kier molecular flexibility index (Phi) is 3.69. The van der Waals surface area contributed by atoms with Crippen molar-refractivity contribution in [2.45, 2.75) is 25.5 Å². The second-order valence-corrected chi connectivity index (χ2v) is 4.54. The van der Waals surface area contributed by atoms with E-state index >= 15 is 0 Å². The van der Waals surface area contributed by atoms with E-state index in [0.717, 1.165) is 30.6 Å². The summed E-state index contributed by atoms with van der Waals surface area (Å²) < 4.78 is 0. The molecule has 0 saturated carbocycles. The summed E-state index contributed by atoms with van der Waals surface area (Å²) in [4.78, 5) is 2.15. The first-order valence-corrected chi connectivity index (χ1v) is 5.91. The van der Waals surface area contributed by atoms with Crippen LogP contribution in [-0.4, -0.2) is 29.4 Å². The first-order valence-electron chi connectivity index (χ1n) is 5.53. The van der Waals surface area contributed by atoms with Gasteiger partial charge in [-0.05, 0) is 31.0 Å². The van der Waals surface area contributed by atoms with E-state index in [2.05, 4.69) is 4.90 Å². The molecule has 0 bridgehead atoms. The number of hydrogen-bond acceptors (Lipinski definition) is 3. The molecule has 1 aliphatic rings. The second kappa shape index (κ2) is 5.04. The van der Waals surface area contributed by atoms with Crippen molar-refractivity contribution in [1.82, 2.24) is 0 Å². The lowest BCUT2D eigenvalue weighted by Gasteiger charge is -2.27. The minimum Gasteiger partial charge on any atom is -0.394 e. The Balaban J connectivity index is 2.31. The maximum atomic E-state index is 9.31. The number of hydrogen-bond donors (Lipinski definition) is 2. The van der Waals surface area contributed by atoms with Gasteiger partial charge in [0.25, 0.3) is 0 Å². The molecule has 0 spiro atoms. The standard InChI is InChI=1S/C12H16ClNO2/c13-10-3-4-12(9(6-10)7-15)14-5-1-2-11(14)8-16/h3-4,6,11,15-16H,1-2,5,7-8H2. The molecule has 2 N–H and O–H groups in total. The minimum absolute atomic E-state index is 0.0233. The molecule has 88 valence electrons. The van der Waals surface area contributed by atoms with Crippen LogP contribution in [0.15, 0.2) is 18.2 Å². The van der Waals surface area contributed by atoms with Crippen LogP contribution in [0.5, 0.6) is 0 Å². The lowest BCUT2D eigenvalue weighted by molar-refractivity contribution is 0.264. The first-order chi connectivity index (χ1) is 7.76. The van der Waals surface area contributed by atoms with Crippen LogP contribution >= 0.6 is 11.6 Å². The van der Waals surface area contributed by atoms with Crippen molar-refractivity contribution >= 4 is 17.3 Å². The van der Waals surface area contributed by atoms with Crippen molar-refractivity contribution in [3.8, 4) is 0 Å². The van der Waals surface area contributed by atoms with Crippen LogP contribution in [-0.2, 0) is 6.61 Å². The Hall–Kier alpha value is -0.770. The third-order valence-corrected chi connectivity index (χ3v) is 3.34. The molecule has 1 saturated heterocycles. The van der Waals surface area contributed by atoms with E-state index in [-0.39, 0.29) is 19.3 Å². The monoisotopic (exact) mass is 241 g/mol. The quantitative estimate of drug-likeness (QED) is 0.848. The summed E-state index contributed by atoms with van der Waals surface area (Å²) >= 11 is 5.89. The maximum Gasteiger partial charge on any atom is 0.0702 e. The zero-order valence-corrected chi connectivity index (χ0v) is 9.82. The van der Waals surface area contributed by atoms with Gasteiger partial charge in [-0.3, -0.25) is 0 Å². The van der Waals surface area contributed by atoms with Crippen molar-refractivity contribution in [1.29, 1.82) is 0 Å². The molecular weight excluding hydrogens is 226 g/mol. The van der Waals surface area contributed by atoms with Crippen LogP contribution in [0.2, 0.25) is 5.02 Å². The Morgan fingerprint density at radius 3 is 2.88 bits per heavy atom. The molecule has 0 aliphatic carbocycles. The summed E-state index contributed by atoms with van der Waals surface area (Å²) in [5, 5.41) is 19.2. The van der Waals surface area contributed by atoms with Gasteiger partial charge in [-0.25, -0.2) is 0 Å². The summed E-state index contributed by atoms with van der Waals surface area (Å²) in [5.41, 5.74) is 1.82. The first kappa shape index (κ1) is 11.7. The van der Waals surface area contributed by atoms with E-state index in [0.29, 0.717) is 5.02 Å². The molecule has 1 fully saturated rings. The SMILES string of the molecule is OCc1cc(Cl)ccc1N1CCCC1CO. The molecule has 1 heterocycles. The Morgan fingerprint density at radius 2 is 2.19 bits per heavy atom. The van der Waals surface area contributed by atoms with Gasteiger partial charge in [0.1, 0.15) is 0 Å². The van der Waals surface area contributed by atoms with Gasteiger partial charge in [0, 0.05) is 22.8 Å². The summed E-state index contributed by atoms with van der Waals surface area (Å²) in [6.07, 6.45) is 2.09. The van der Waals surface area contributed by atoms with E-state index < -0.39 is 0 Å². The fourth-order valence-corrected chi connectivity index (χ4v) is 2.50. The van der Waals surface area contributed by atoms with E-state index in [1.165, 1.54) is 0 Å². The highest BCUT2D eigenvalue weighted by atomic mass is 35.5. The fraction of sp³-hybridized carbons (Fsp3) is 0.500. The average molecular weight is 242 g/mol. The molecule has 2 rings (SSSR count). The molecule has 1 aliphatic heterocycles. The molecule has 0 amide bonds. The van der Waals surface area contributed by atoms with Gasteiger partial charge in [-0.1, -0.05) is 11.6 Å². The van der Waals surface area contributed by atoms with E-state index in [1.807, 2.05) is 12.1 Å². The van der Waals surface area contributed by atoms with Crippen molar-refractivity contribution < 1.29 is 10.2 Å².